The number of fused-ring (bicyclic) bond motifs is 1. The molecule has 1 unspecified atom stereocenters. The third-order valence-corrected chi connectivity index (χ3v) is 3.27. The first-order valence-corrected chi connectivity index (χ1v) is 6.22. The average molecular weight is 236 g/mol. The molecule has 2 nitrogen and oxygen atoms in total. The van der Waals surface area contributed by atoms with Gasteiger partial charge in [-0.1, -0.05) is 36.4 Å². The summed E-state index contributed by atoms with van der Waals surface area (Å²) in [6.07, 6.45) is 1.98. The molecule has 0 aliphatic heterocycles. The number of nitrogens with one attached hydrogen (secondary N) is 2. The highest BCUT2D eigenvalue weighted by atomic mass is 14.9. The van der Waals surface area contributed by atoms with E-state index in [4.69, 9.17) is 0 Å². The van der Waals surface area contributed by atoms with Crippen LogP contribution in [-0.4, -0.2) is 4.98 Å². The van der Waals surface area contributed by atoms with Crippen molar-refractivity contribution in [1.82, 2.24) is 4.98 Å². The third kappa shape index (κ3) is 1.97. The molecule has 0 bridgehead atoms. The molecule has 0 aliphatic rings. The van der Waals surface area contributed by atoms with E-state index in [2.05, 4.69) is 65.8 Å². The van der Waals surface area contributed by atoms with Gasteiger partial charge < -0.3 is 10.3 Å². The summed E-state index contributed by atoms with van der Waals surface area (Å²) in [5.41, 5.74) is 3.63. The van der Waals surface area contributed by atoms with E-state index < -0.39 is 0 Å². The Hall–Kier alpha value is -2.22. The van der Waals surface area contributed by atoms with Crippen LogP contribution in [-0.2, 0) is 0 Å². The van der Waals surface area contributed by atoms with Crippen molar-refractivity contribution < 1.29 is 0 Å². The number of anilines is 1. The number of hydrogen-bond donors (Lipinski definition) is 2. The van der Waals surface area contributed by atoms with Gasteiger partial charge in [-0.05, 0) is 30.7 Å². The molecule has 0 radical (unpaired) electrons. The minimum atomic E-state index is 0.298. The zero-order chi connectivity index (χ0) is 12.4. The molecule has 2 N–H and O–H groups in total. The standard InChI is InChI=1S/C16H16N2/c1-12(13-6-3-2-4-7-13)18-16-9-5-8-15-14(16)10-11-17-15/h2-12,17-18H,1H3. The first-order valence-electron chi connectivity index (χ1n) is 6.22. The van der Waals surface area contributed by atoms with E-state index in [1.165, 1.54) is 22.2 Å². The number of benzene rings is 2. The van der Waals surface area contributed by atoms with E-state index >= 15 is 0 Å². The molecule has 0 aliphatic carbocycles. The molecule has 90 valence electrons. The second-order valence-corrected chi connectivity index (χ2v) is 4.52. The Balaban J connectivity index is 1.91. The van der Waals surface area contributed by atoms with Crippen LogP contribution >= 0.6 is 0 Å². The smallest absolute Gasteiger partial charge is 0.0485 e. The predicted octanol–water partition coefficient (Wildman–Crippen LogP) is 4.34. The topological polar surface area (TPSA) is 27.8 Å². The number of hydrogen-bond acceptors (Lipinski definition) is 1. The van der Waals surface area contributed by atoms with Crippen LogP contribution in [0, 0.1) is 0 Å². The molecule has 3 rings (SSSR count). The highest BCUT2D eigenvalue weighted by Gasteiger charge is 2.07. The van der Waals surface area contributed by atoms with E-state index in [9.17, 15) is 0 Å². The predicted molar refractivity (Wildman–Crippen MR) is 76.8 cm³/mol. The van der Waals surface area contributed by atoms with Gasteiger partial charge in [-0.3, -0.25) is 0 Å². The average Bonchev–Trinajstić information content (AvgIpc) is 2.89. The van der Waals surface area contributed by atoms with Crippen LogP contribution in [0.1, 0.15) is 18.5 Å². The quantitative estimate of drug-likeness (QED) is 0.695. The van der Waals surface area contributed by atoms with Crippen molar-refractivity contribution in [2.75, 3.05) is 5.32 Å². The lowest BCUT2D eigenvalue weighted by Gasteiger charge is -2.16. The van der Waals surface area contributed by atoms with E-state index in [0.717, 1.165) is 0 Å². The number of aromatic nitrogens is 1. The van der Waals surface area contributed by atoms with E-state index in [1.54, 1.807) is 0 Å². The Morgan fingerprint density at radius 2 is 1.78 bits per heavy atom. The summed E-state index contributed by atoms with van der Waals surface area (Å²) in [4.78, 5) is 3.23. The fraction of sp³-hybridized carbons (Fsp3) is 0.125. The summed E-state index contributed by atoms with van der Waals surface area (Å²) in [5.74, 6) is 0. The summed E-state index contributed by atoms with van der Waals surface area (Å²) >= 11 is 0. The molecule has 0 fully saturated rings. The lowest BCUT2D eigenvalue weighted by atomic mass is 10.1. The molecule has 0 saturated heterocycles. The lowest BCUT2D eigenvalue weighted by Crippen LogP contribution is -2.06. The van der Waals surface area contributed by atoms with Crippen molar-refractivity contribution in [2.45, 2.75) is 13.0 Å². The van der Waals surface area contributed by atoms with E-state index in [0.29, 0.717) is 6.04 Å². The van der Waals surface area contributed by atoms with Crippen molar-refractivity contribution >= 4 is 16.6 Å². The molecule has 1 heterocycles. The van der Waals surface area contributed by atoms with Crippen molar-refractivity contribution in [3.63, 3.8) is 0 Å². The SMILES string of the molecule is CC(Nc1cccc2[nH]ccc12)c1ccccc1. The van der Waals surface area contributed by atoms with Crippen LogP contribution in [0.3, 0.4) is 0 Å². The fourth-order valence-corrected chi connectivity index (χ4v) is 2.27. The van der Waals surface area contributed by atoms with E-state index in [-0.39, 0.29) is 0 Å². The van der Waals surface area contributed by atoms with Gasteiger partial charge in [0.2, 0.25) is 0 Å². The molecule has 2 aromatic carbocycles. The summed E-state index contributed by atoms with van der Waals surface area (Å²) in [6, 6.07) is 19.2. The zero-order valence-electron chi connectivity index (χ0n) is 10.4. The molecule has 2 heteroatoms. The van der Waals surface area contributed by atoms with Crippen molar-refractivity contribution in [1.29, 1.82) is 0 Å². The molecular weight excluding hydrogens is 220 g/mol. The summed E-state index contributed by atoms with van der Waals surface area (Å²) in [5, 5.41) is 4.80. The maximum Gasteiger partial charge on any atom is 0.0485 e. The van der Waals surface area contributed by atoms with E-state index in [1.807, 2.05) is 12.3 Å². The second-order valence-electron chi connectivity index (χ2n) is 4.52. The van der Waals surface area contributed by atoms with Gasteiger partial charge in [0.05, 0.1) is 0 Å². The van der Waals surface area contributed by atoms with Gasteiger partial charge in [0.15, 0.2) is 0 Å². The Labute approximate surface area is 107 Å². The molecule has 0 spiro atoms. The van der Waals surface area contributed by atoms with Gasteiger partial charge in [0, 0.05) is 28.8 Å². The Morgan fingerprint density at radius 3 is 2.61 bits per heavy atom. The molecular formula is C16H16N2. The summed E-state index contributed by atoms with van der Waals surface area (Å²) in [7, 11) is 0. The highest BCUT2D eigenvalue weighted by molar-refractivity contribution is 5.91. The Bertz CT molecular complexity index is 640. The maximum atomic E-state index is 3.57. The molecule has 0 amide bonds. The molecule has 0 saturated carbocycles. The van der Waals surface area contributed by atoms with Crippen molar-refractivity contribution in [3.05, 3.63) is 66.4 Å². The van der Waals surface area contributed by atoms with Crippen LogP contribution in [0.15, 0.2) is 60.8 Å². The van der Waals surface area contributed by atoms with Crippen LogP contribution < -0.4 is 5.32 Å². The summed E-state index contributed by atoms with van der Waals surface area (Å²) in [6.45, 7) is 2.18. The molecule has 1 aromatic heterocycles. The zero-order valence-corrected chi connectivity index (χ0v) is 10.4. The fourth-order valence-electron chi connectivity index (χ4n) is 2.27. The van der Waals surface area contributed by atoms with Gasteiger partial charge >= 0.3 is 0 Å². The minimum Gasteiger partial charge on any atom is -0.378 e. The summed E-state index contributed by atoms with van der Waals surface area (Å²) < 4.78 is 0. The number of H-pyrrole nitrogens is 1. The lowest BCUT2D eigenvalue weighted by molar-refractivity contribution is 0.887. The number of rotatable bonds is 3. The molecule has 3 aromatic rings. The minimum absolute atomic E-state index is 0.298. The van der Waals surface area contributed by atoms with Gasteiger partial charge in [-0.2, -0.15) is 0 Å². The van der Waals surface area contributed by atoms with Gasteiger partial charge in [0.25, 0.3) is 0 Å². The van der Waals surface area contributed by atoms with Crippen LogP contribution in [0.4, 0.5) is 5.69 Å². The number of aromatic amines is 1. The highest BCUT2D eigenvalue weighted by Crippen LogP contribution is 2.26. The van der Waals surface area contributed by atoms with Crippen molar-refractivity contribution in [3.8, 4) is 0 Å². The Morgan fingerprint density at radius 1 is 0.944 bits per heavy atom. The third-order valence-electron chi connectivity index (χ3n) is 3.27. The monoisotopic (exact) mass is 236 g/mol. The van der Waals surface area contributed by atoms with Crippen LogP contribution in [0.25, 0.3) is 10.9 Å². The Kier molecular flexibility index (Phi) is 2.77. The molecule has 1 atom stereocenters. The normalized spacial score (nSPS) is 12.5. The van der Waals surface area contributed by atoms with Crippen LogP contribution in [0.2, 0.25) is 0 Å². The van der Waals surface area contributed by atoms with Gasteiger partial charge in [-0.15, -0.1) is 0 Å². The first-order chi connectivity index (χ1) is 8.84. The van der Waals surface area contributed by atoms with Gasteiger partial charge in [0.1, 0.15) is 0 Å². The van der Waals surface area contributed by atoms with Crippen LogP contribution in [0.5, 0.6) is 0 Å². The molecule has 18 heavy (non-hydrogen) atoms. The van der Waals surface area contributed by atoms with Crippen molar-refractivity contribution in [2.24, 2.45) is 0 Å². The van der Waals surface area contributed by atoms with Gasteiger partial charge in [-0.25, -0.2) is 0 Å². The largest absolute Gasteiger partial charge is 0.378 e. The second kappa shape index (κ2) is 4.57. The first kappa shape index (κ1) is 10.9. The maximum absolute atomic E-state index is 3.57.